The third-order valence-electron chi connectivity index (χ3n) is 1.74. The summed E-state index contributed by atoms with van der Waals surface area (Å²) in [5.74, 6) is 0. The van der Waals surface area contributed by atoms with E-state index in [0.29, 0.717) is 0 Å². The maximum absolute atomic E-state index is 5.36. The van der Waals surface area contributed by atoms with Crippen LogP contribution in [0.3, 0.4) is 0 Å². The molecule has 0 aliphatic heterocycles. The van der Waals surface area contributed by atoms with Gasteiger partial charge in [0, 0.05) is 84.3 Å². The summed E-state index contributed by atoms with van der Waals surface area (Å²) in [6, 6.07) is 0. The standard InChI is InChI=1S/C10H22O.5C2H6O/c1-3-5-6-7-8-10-11-9-4-2;5*1-3-2/h3-10H2,1-2H3;5*1-2H3. The third kappa shape index (κ3) is 204. The molecule has 0 saturated carbocycles. The van der Waals surface area contributed by atoms with Crippen molar-refractivity contribution >= 4 is 0 Å². The zero-order chi connectivity index (χ0) is 21.9. The van der Waals surface area contributed by atoms with Crippen LogP contribution in [-0.4, -0.2) is 84.3 Å². The Morgan fingerprint density at radius 3 is 0.962 bits per heavy atom. The molecule has 0 atom stereocenters. The maximum atomic E-state index is 5.36. The molecule has 0 bridgehead atoms. The Kier molecular flexibility index (Phi) is 115. The van der Waals surface area contributed by atoms with E-state index in [0.717, 1.165) is 19.6 Å². The molecule has 0 unspecified atom stereocenters. The second kappa shape index (κ2) is 73.8. The van der Waals surface area contributed by atoms with Gasteiger partial charge in [-0.15, -0.1) is 0 Å². The molecule has 0 radical (unpaired) electrons. The largest absolute Gasteiger partial charge is 0.388 e. The van der Waals surface area contributed by atoms with Gasteiger partial charge in [0.1, 0.15) is 0 Å². The lowest BCUT2D eigenvalue weighted by atomic mass is 10.2. The second-order valence-corrected chi connectivity index (χ2v) is 5.07. The Balaban J connectivity index is -0.0000000551. The van der Waals surface area contributed by atoms with Crippen LogP contribution in [0.25, 0.3) is 0 Å². The van der Waals surface area contributed by atoms with Gasteiger partial charge in [-0.05, 0) is 12.8 Å². The molecule has 0 fully saturated rings. The number of rotatable bonds is 8. The highest BCUT2D eigenvalue weighted by molar-refractivity contribution is 4.41. The Labute approximate surface area is 165 Å². The molecule has 26 heavy (non-hydrogen) atoms. The van der Waals surface area contributed by atoms with Gasteiger partial charge in [-0.3, -0.25) is 0 Å². The minimum absolute atomic E-state index is 0.938. The fourth-order valence-corrected chi connectivity index (χ4v) is 1.05. The molecule has 0 aromatic rings. The number of hydrogen-bond acceptors (Lipinski definition) is 6. The molecule has 0 saturated heterocycles. The molecule has 6 heteroatoms. The van der Waals surface area contributed by atoms with Gasteiger partial charge in [-0.2, -0.15) is 0 Å². The first kappa shape index (κ1) is 40.4. The zero-order valence-corrected chi connectivity index (χ0v) is 20.1. The first-order valence-corrected chi connectivity index (χ1v) is 9.07. The number of ether oxygens (including phenoxy) is 6. The van der Waals surface area contributed by atoms with Crippen molar-refractivity contribution in [3.05, 3.63) is 0 Å². The molecule has 0 rings (SSSR count). The Hall–Kier alpha value is -0.240. The fourth-order valence-electron chi connectivity index (χ4n) is 1.05. The van der Waals surface area contributed by atoms with E-state index in [1.165, 1.54) is 32.1 Å². The van der Waals surface area contributed by atoms with Crippen molar-refractivity contribution in [2.45, 2.75) is 52.4 Å². The molecular formula is C20H52O6. The summed E-state index contributed by atoms with van der Waals surface area (Å²) in [5.41, 5.74) is 0. The van der Waals surface area contributed by atoms with Gasteiger partial charge in [0.05, 0.1) is 0 Å². The highest BCUT2D eigenvalue weighted by atomic mass is 16.5. The first-order valence-electron chi connectivity index (χ1n) is 9.07. The van der Waals surface area contributed by atoms with Crippen LogP contribution in [0.5, 0.6) is 0 Å². The van der Waals surface area contributed by atoms with E-state index in [9.17, 15) is 0 Å². The van der Waals surface area contributed by atoms with Crippen LogP contribution in [0.1, 0.15) is 52.4 Å². The molecule has 0 amide bonds. The molecule has 0 aliphatic carbocycles. The number of hydrogen-bond donors (Lipinski definition) is 0. The van der Waals surface area contributed by atoms with Crippen LogP contribution in [0.2, 0.25) is 0 Å². The summed E-state index contributed by atoms with van der Waals surface area (Å²) in [6.45, 7) is 6.30. The average molecular weight is 389 g/mol. The highest BCUT2D eigenvalue weighted by Crippen LogP contribution is 2.02. The van der Waals surface area contributed by atoms with Crippen molar-refractivity contribution in [2.75, 3.05) is 84.3 Å². The van der Waals surface area contributed by atoms with Gasteiger partial charge in [0.15, 0.2) is 0 Å². The predicted octanol–water partition coefficient (Wildman–Crippen LogP) is 4.70. The molecule has 0 aromatic carbocycles. The Morgan fingerprint density at radius 1 is 0.385 bits per heavy atom. The summed E-state index contributed by atoms with van der Waals surface area (Å²) in [5, 5.41) is 0. The van der Waals surface area contributed by atoms with Crippen LogP contribution < -0.4 is 0 Å². The summed E-state index contributed by atoms with van der Waals surface area (Å²) in [7, 11) is 16.2. The van der Waals surface area contributed by atoms with E-state index in [2.05, 4.69) is 37.5 Å². The minimum atomic E-state index is 0.938. The molecule has 0 aromatic heterocycles. The van der Waals surface area contributed by atoms with E-state index in [1.54, 1.807) is 71.1 Å². The van der Waals surface area contributed by atoms with Crippen LogP contribution in [0, 0.1) is 0 Å². The van der Waals surface area contributed by atoms with Crippen molar-refractivity contribution in [1.29, 1.82) is 0 Å². The normalized spacial score (nSPS) is 7.85. The lowest BCUT2D eigenvalue weighted by molar-refractivity contribution is 0.130. The van der Waals surface area contributed by atoms with Crippen LogP contribution in [-0.2, 0) is 28.4 Å². The number of methoxy groups -OCH3 is 5. The van der Waals surface area contributed by atoms with E-state index in [4.69, 9.17) is 4.74 Å². The van der Waals surface area contributed by atoms with Crippen LogP contribution in [0.15, 0.2) is 0 Å². The Morgan fingerprint density at radius 2 is 0.692 bits per heavy atom. The van der Waals surface area contributed by atoms with Crippen molar-refractivity contribution in [1.82, 2.24) is 0 Å². The monoisotopic (exact) mass is 388 g/mol. The lowest BCUT2D eigenvalue weighted by Crippen LogP contribution is -1.95. The van der Waals surface area contributed by atoms with Crippen LogP contribution >= 0.6 is 0 Å². The van der Waals surface area contributed by atoms with Crippen molar-refractivity contribution in [3.63, 3.8) is 0 Å². The van der Waals surface area contributed by atoms with Gasteiger partial charge in [0.2, 0.25) is 0 Å². The fraction of sp³-hybridized carbons (Fsp3) is 1.00. The molecule has 168 valence electrons. The minimum Gasteiger partial charge on any atom is -0.388 e. The van der Waals surface area contributed by atoms with Gasteiger partial charge in [0.25, 0.3) is 0 Å². The van der Waals surface area contributed by atoms with Gasteiger partial charge < -0.3 is 28.4 Å². The van der Waals surface area contributed by atoms with Gasteiger partial charge in [-0.1, -0.05) is 39.5 Å². The van der Waals surface area contributed by atoms with Crippen molar-refractivity contribution in [2.24, 2.45) is 0 Å². The topological polar surface area (TPSA) is 55.4 Å². The highest BCUT2D eigenvalue weighted by Gasteiger charge is 1.88. The summed E-state index contributed by atoms with van der Waals surface area (Å²) in [6.07, 6.45) is 7.84. The van der Waals surface area contributed by atoms with E-state index in [-0.39, 0.29) is 0 Å². The van der Waals surface area contributed by atoms with Gasteiger partial charge in [-0.25, -0.2) is 0 Å². The summed E-state index contributed by atoms with van der Waals surface area (Å²) >= 11 is 0. The molecule has 0 aliphatic rings. The van der Waals surface area contributed by atoms with E-state index >= 15 is 0 Å². The lowest BCUT2D eigenvalue weighted by Gasteiger charge is -2.01. The molecule has 0 spiro atoms. The number of unbranched alkanes of at least 4 members (excludes halogenated alkanes) is 4. The smallest absolute Gasteiger partial charge is 0.0466 e. The Bertz CT molecular complexity index is 107. The van der Waals surface area contributed by atoms with Crippen molar-refractivity contribution < 1.29 is 28.4 Å². The van der Waals surface area contributed by atoms with Crippen LogP contribution in [0.4, 0.5) is 0 Å². The predicted molar refractivity (Wildman–Crippen MR) is 115 cm³/mol. The zero-order valence-electron chi connectivity index (χ0n) is 20.1. The average Bonchev–Trinajstić information content (AvgIpc) is 2.58. The maximum Gasteiger partial charge on any atom is 0.0466 e. The van der Waals surface area contributed by atoms with Crippen molar-refractivity contribution in [3.8, 4) is 0 Å². The third-order valence-corrected chi connectivity index (χ3v) is 1.74. The first-order chi connectivity index (χ1) is 12.5. The van der Waals surface area contributed by atoms with E-state index < -0.39 is 0 Å². The molecule has 0 N–H and O–H groups in total. The van der Waals surface area contributed by atoms with Gasteiger partial charge >= 0.3 is 0 Å². The molecule has 6 nitrogen and oxygen atoms in total. The SMILES string of the molecule is CCCCCCCOCCC.COC.COC.COC.COC.COC. The molecular weight excluding hydrogens is 336 g/mol. The summed E-state index contributed by atoms with van der Waals surface area (Å²) < 4.78 is 26.6. The molecule has 0 heterocycles. The quantitative estimate of drug-likeness (QED) is 0.562. The summed E-state index contributed by atoms with van der Waals surface area (Å²) in [4.78, 5) is 0. The second-order valence-electron chi connectivity index (χ2n) is 5.07. The van der Waals surface area contributed by atoms with E-state index in [1.807, 2.05) is 0 Å².